The summed E-state index contributed by atoms with van der Waals surface area (Å²) in [6, 6.07) is 12.6. The Balaban J connectivity index is 1.72. The van der Waals surface area contributed by atoms with Gasteiger partial charge in [-0.25, -0.2) is 0 Å². The minimum Gasteiger partial charge on any atom is -0.490 e. The van der Waals surface area contributed by atoms with Gasteiger partial charge in [-0.2, -0.15) is 0 Å². The summed E-state index contributed by atoms with van der Waals surface area (Å²) in [5, 5.41) is 13.6. The maximum atomic E-state index is 11.9. The molecular formula is C21H20N2O7. The van der Waals surface area contributed by atoms with Crippen LogP contribution in [0.5, 0.6) is 5.75 Å². The van der Waals surface area contributed by atoms with E-state index in [-0.39, 0.29) is 30.4 Å². The number of carbonyl (C=O) groups is 3. The van der Waals surface area contributed by atoms with Crippen LogP contribution in [0.1, 0.15) is 18.9 Å². The number of benzene rings is 2. The average molecular weight is 412 g/mol. The molecule has 0 saturated heterocycles. The van der Waals surface area contributed by atoms with Crippen molar-refractivity contribution in [2.45, 2.75) is 13.3 Å². The standard InChI is InChI=1S/C21H20N2O7/c1-15(24)22-17-7-10-19(11-8-17)29-12-13-30-21(26)14-18(25)9-6-16-4-2-3-5-20(16)23(27)28/h2-11H,12-14H2,1H3,(H,22,24)/b9-6-. The van der Waals surface area contributed by atoms with Gasteiger partial charge < -0.3 is 14.8 Å². The van der Waals surface area contributed by atoms with Crippen LogP contribution >= 0.6 is 0 Å². The second-order valence-corrected chi connectivity index (χ2v) is 6.07. The van der Waals surface area contributed by atoms with E-state index in [4.69, 9.17) is 9.47 Å². The van der Waals surface area contributed by atoms with Gasteiger partial charge in [-0.15, -0.1) is 0 Å². The Hall–Kier alpha value is -4.01. The number of para-hydroxylation sites is 1. The Morgan fingerprint density at radius 1 is 1.07 bits per heavy atom. The third-order valence-electron chi connectivity index (χ3n) is 3.69. The largest absolute Gasteiger partial charge is 0.490 e. The van der Waals surface area contributed by atoms with Crippen molar-refractivity contribution in [2.24, 2.45) is 0 Å². The zero-order chi connectivity index (χ0) is 21.9. The Bertz CT molecular complexity index is 952. The molecule has 0 heterocycles. The van der Waals surface area contributed by atoms with Gasteiger partial charge in [0.15, 0.2) is 5.78 Å². The Kier molecular flexibility index (Phi) is 8.25. The van der Waals surface area contributed by atoms with Crippen LogP contribution in [-0.4, -0.2) is 35.8 Å². The molecule has 0 radical (unpaired) electrons. The van der Waals surface area contributed by atoms with Crippen LogP contribution in [0, 0.1) is 10.1 Å². The van der Waals surface area contributed by atoms with Crippen molar-refractivity contribution in [2.75, 3.05) is 18.5 Å². The quantitative estimate of drug-likeness (QED) is 0.159. The van der Waals surface area contributed by atoms with E-state index in [0.29, 0.717) is 11.4 Å². The lowest BCUT2D eigenvalue weighted by Gasteiger charge is -2.08. The molecule has 2 rings (SSSR count). The fourth-order valence-electron chi connectivity index (χ4n) is 2.38. The summed E-state index contributed by atoms with van der Waals surface area (Å²) < 4.78 is 10.4. The smallest absolute Gasteiger partial charge is 0.313 e. The Morgan fingerprint density at radius 3 is 2.43 bits per heavy atom. The summed E-state index contributed by atoms with van der Waals surface area (Å²) in [5.74, 6) is -0.907. The molecule has 0 unspecified atom stereocenters. The van der Waals surface area contributed by atoms with Gasteiger partial charge in [0, 0.05) is 18.7 Å². The van der Waals surface area contributed by atoms with Crippen LogP contribution < -0.4 is 10.1 Å². The fraction of sp³-hybridized carbons (Fsp3) is 0.190. The third-order valence-corrected chi connectivity index (χ3v) is 3.69. The highest BCUT2D eigenvalue weighted by molar-refractivity contribution is 6.04. The molecule has 156 valence electrons. The molecule has 9 nitrogen and oxygen atoms in total. The first-order chi connectivity index (χ1) is 14.3. The van der Waals surface area contributed by atoms with Crippen molar-refractivity contribution in [1.82, 2.24) is 0 Å². The van der Waals surface area contributed by atoms with Crippen LogP contribution in [0.4, 0.5) is 11.4 Å². The normalized spacial score (nSPS) is 10.4. The fourth-order valence-corrected chi connectivity index (χ4v) is 2.38. The van der Waals surface area contributed by atoms with Gasteiger partial charge in [-0.1, -0.05) is 12.1 Å². The minimum atomic E-state index is -0.725. The number of esters is 1. The van der Waals surface area contributed by atoms with Gasteiger partial charge in [0.25, 0.3) is 5.69 Å². The zero-order valence-electron chi connectivity index (χ0n) is 16.2. The summed E-state index contributed by atoms with van der Waals surface area (Å²) in [7, 11) is 0. The molecule has 30 heavy (non-hydrogen) atoms. The molecule has 0 saturated carbocycles. The van der Waals surface area contributed by atoms with Crippen molar-refractivity contribution in [3.8, 4) is 5.75 Å². The van der Waals surface area contributed by atoms with E-state index in [0.717, 1.165) is 6.08 Å². The van der Waals surface area contributed by atoms with E-state index in [1.165, 1.54) is 31.2 Å². The van der Waals surface area contributed by atoms with Crippen LogP contribution in [0.3, 0.4) is 0 Å². The highest BCUT2D eigenvalue weighted by atomic mass is 16.6. The number of anilines is 1. The van der Waals surface area contributed by atoms with Gasteiger partial charge in [0.2, 0.25) is 5.91 Å². The molecule has 1 amide bonds. The third kappa shape index (κ3) is 7.55. The molecule has 2 aromatic rings. The van der Waals surface area contributed by atoms with Crippen molar-refractivity contribution in [3.05, 3.63) is 70.3 Å². The lowest BCUT2D eigenvalue weighted by Crippen LogP contribution is -2.14. The second kappa shape index (κ2) is 11.1. The first kappa shape index (κ1) is 22.3. The van der Waals surface area contributed by atoms with Crippen molar-refractivity contribution < 1.29 is 28.8 Å². The molecule has 0 bridgehead atoms. The Morgan fingerprint density at radius 2 is 1.77 bits per heavy atom. The number of hydrogen-bond donors (Lipinski definition) is 1. The van der Waals surface area contributed by atoms with Gasteiger partial charge in [-0.3, -0.25) is 24.5 Å². The van der Waals surface area contributed by atoms with Gasteiger partial charge in [-0.05, 0) is 42.5 Å². The number of allylic oxidation sites excluding steroid dienone is 1. The SMILES string of the molecule is CC(=O)Nc1ccc(OCCOC(=O)CC(=O)/C=C\c2ccccc2[N+](=O)[O-])cc1. The molecule has 1 N–H and O–H groups in total. The van der Waals surface area contributed by atoms with E-state index in [1.54, 1.807) is 30.3 Å². The zero-order valence-corrected chi connectivity index (χ0v) is 16.2. The predicted molar refractivity (Wildman–Crippen MR) is 109 cm³/mol. The summed E-state index contributed by atoms with van der Waals surface area (Å²) in [6.45, 7) is 1.45. The number of amides is 1. The van der Waals surface area contributed by atoms with Gasteiger partial charge in [0.05, 0.1) is 10.5 Å². The van der Waals surface area contributed by atoms with Crippen molar-refractivity contribution >= 4 is 35.1 Å². The van der Waals surface area contributed by atoms with E-state index < -0.39 is 23.1 Å². The summed E-state index contributed by atoms with van der Waals surface area (Å²) in [4.78, 5) is 44.9. The summed E-state index contributed by atoms with van der Waals surface area (Å²) in [5.41, 5.74) is 0.766. The van der Waals surface area contributed by atoms with Gasteiger partial charge >= 0.3 is 5.97 Å². The monoisotopic (exact) mass is 412 g/mol. The van der Waals surface area contributed by atoms with Crippen molar-refractivity contribution in [1.29, 1.82) is 0 Å². The number of nitrogens with zero attached hydrogens (tertiary/aromatic N) is 1. The average Bonchev–Trinajstić information content (AvgIpc) is 2.70. The van der Waals surface area contributed by atoms with E-state index >= 15 is 0 Å². The lowest BCUT2D eigenvalue weighted by molar-refractivity contribution is -0.385. The predicted octanol–water partition coefficient (Wildman–Crippen LogP) is 3.15. The molecule has 0 aromatic heterocycles. The molecule has 0 aliphatic rings. The summed E-state index contributed by atoms with van der Waals surface area (Å²) >= 11 is 0. The highest BCUT2D eigenvalue weighted by Gasteiger charge is 2.12. The van der Waals surface area contributed by atoms with E-state index in [9.17, 15) is 24.5 Å². The maximum Gasteiger partial charge on any atom is 0.313 e. The van der Waals surface area contributed by atoms with E-state index in [1.807, 2.05) is 0 Å². The number of rotatable bonds is 10. The molecule has 2 aromatic carbocycles. The number of nitrogens with one attached hydrogen (secondary N) is 1. The lowest BCUT2D eigenvalue weighted by atomic mass is 10.1. The van der Waals surface area contributed by atoms with Crippen molar-refractivity contribution in [3.63, 3.8) is 0 Å². The number of hydrogen-bond acceptors (Lipinski definition) is 7. The topological polar surface area (TPSA) is 125 Å². The number of nitro groups is 1. The number of carbonyl (C=O) groups excluding carboxylic acids is 3. The van der Waals surface area contributed by atoms with Crippen LogP contribution in [0.2, 0.25) is 0 Å². The molecule has 0 atom stereocenters. The number of ether oxygens (including phenoxy) is 2. The van der Waals surface area contributed by atoms with Crippen LogP contribution in [0.25, 0.3) is 6.08 Å². The second-order valence-electron chi connectivity index (χ2n) is 6.07. The minimum absolute atomic E-state index is 0.0482. The van der Waals surface area contributed by atoms with Crippen LogP contribution in [-0.2, 0) is 19.1 Å². The molecule has 0 spiro atoms. The number of nitro benzene ring substituents is 1. The first-order valence-electron chi connectivity index (χ1n) is 8.95. The number of ketones is 1. The maximum absolute atomic E-state index is 11.9. The first-order valence-corrected chi connectivity index (χ1v) is 8.95. The van der Waals surface area contributed by atoms with E-state index in [2.05, 4.69) is 5.32 Å². The van der Waals surface area contributed by atoms with Gasteiger partial charge in [0.1, 0.15) is 25.4 Å². The molecule has 0 aliphatic heterocycles. The molecule has 0 aliphatic carbocycles. The Labute approximate surface area is 172 Å². The van der Waals surface area contributed by atoms with Crippen LogP contribution in [0.15, 0.2) is 54.6 Å². The molecule has 9 heteroatoms. The summed E-state index contributed by atoms with van der Waals surface area (Å²) in [6.07, 6.45) is 1.92. The molecular weight excluding hydrogens is 392 g/mol. The highest BCUT2D eigenvalue weighted by Crippen LogP contribution is 2.19. The molecule has 0 fully saturated rings.